The van der Waals surface area contributed by atoms with Crippen LogP contribution in [0.25, 0.3) is 0 Å². The highest BCUT2D eigenvalue weighted by Crippen LogP contribution is 2.42. The molecule has 0 unspecified atom stereocenters. The second-order valence-electron chi connectivity index (χ2n) is 7.24. The number of amides is 1. The number of pyridine rings is 1. The summed E-state index contributed by atoms with van der Waals surface area (Å²) in [5, 5.41) is 0. The fourth-order valence-electron chi connectivity index (χ4n) is 4.06. The Bertz CT molecular complexity index is 550. The molecule has 0 N–H and O–H groups in total. The molecule has 5 nitrogen and oxygen atoms in total. The predicted molar refractivity (Wildman–Crippen MR) is 89.5 cm³/mol. The highest BCUT2D eigenvalue weighted by atomic mass is 16.5. The number of carbonyl (C=O) groups excluding carboxylic acids is 1. The Morgan fingerprint density at radius 1 is 1.39 bits per heavy atom. The van der Waals surface area contributed by atoms with Gasteiger partial charge in [0.15, 0.2) is 0 Å². The standard InChI is InChI=1S/C18H27N3O2/c1-14-4-5-16(19-11-14)17(22)21-8-6-18(7-9-21)10-15(12-23-3)20(2)13-18/h4-5,11,15H,6-10,12-13H2,1-3H3/t15-/m0/s1. The van der Waals surface area contributed by atoms with Crippen LogP contribution in [0.1, 0.15) is 35.3 Å². The highest BCUT2D eigenvalue weighted by Gasteiger charge is 2.44. The van der Waals surface area contributed by atoms with E-state index in [9.17, 15) is 4.79 Å². The van der Waals surface area contributed by atoms with Crippen molar-refractivity contribution < 1.29 is 9.53 Å². The molecule has 1 aromatic heterocycles. The van der Waals surface area contributed by atoms with E-state index in [0.717, 1.165) is 44.6 Å². The normalized spacial score (nSPS) is 24.3. The number of aromatic nitrogens is 1. The summed E-state index contributed by atoms with van der Waals surface area (Å²) in [6, 6.07) is 4.30. The van der Waals surface area contributed by atoms with Crippen LogP contribution in [0.3, 0.4) is 0 Å². The quantitative estimate of drug-likeness (QED) is 0.855. The third-order valence-electron chi connectivity index (χ3n) is 5.48. The van der Waals surface area contributed by atoms with Gasteiger partial charge in [-0.2, -0.15) is 0 Å². The number of hydrogen-bond acceptors (Lipinski definition) is 4. The van der Waals surface area contributed by atoms with Crippen molar-refractivity contribution in [3.8, 4) is 0 Å². The Morgan fingerprint density at radius 2 is 2.13 bits per heavy atom. The number of methoxy groups -OCH3 is 1. The second kappa shape index (κ2) is 6.57. The van der Waals surface area contributed by atoms with Gasteiger partial charge in [-0.1, -0.05) is 6.07 Å². The van der Waals surface area contributed by atoms with Crippen molar-refractivity contribution in [3.05, 3.63) is 29.6 Å². The van der Waals surface area contributed by atoms with E-state index in [1.807, 2.05) is 24.0 Å². The van der Waals surface area contributed by atoms with E-state index in [4.69, 9.17) is 4.74 Å². The molecule has 0 bridgehead atoms. The molecular weight excluding hydrogens is 290 g/mol. The van der Waals surface area contributed by atoms with Crippen LogP contribution in [0.2, 0.25) is 0 Å². The molecule has 0 saturated carbocycles. The number of piperidine rings is 1. The zero-order valence-electron chi connectivity index (χ0n) is 14.4. The molecule has 0 radical (unpaired) electrons. The summed E-state index contributed by atoms with van der Waals surface area (Å²) in [7, 11) is 3.96. The van der Waals surface area contributed by atoms with Crippen molar-refractivity contribution in [3.63, 3.8) is 0 Å². The average Bonchev–Trinajstić information content (AvgIpc) is 2.84. The number of hydrogen-bond donors (Lipinski definition) is 0. The van der Waals surface area contributed by atoms with Gasteiger partial charge in [0.05, 0.1) is 6.61 Å². The average molecular weight is 317 g/mol. The van der Waals surface area contributed by atoms with Gasteiger partial charge in [-0.25, -0.2) is 0 Å². The summed E-state index contributed by atoms with van der Waals surface area (Å²) in [6.07, 6.45) is 5.10. The van der Waals surface area contributed by atoms with Crippen molar-refractivity contribution in [2.75, 3.05) is 40.4 Å². The highest BCUT2D eigenvalue weighted by molar-refractivity contribution is 5.92. The molecule has 2 aliphatic heterocycles. The lowest BCUT2D eigenvalue weighted by molar-refractivity contribution is 0.0586. The molecule has 126 valence electrons. The second-order valence-corrected chi connectivity index (χ2v) is 7.24. The Hall–Kier alpha value is -1.46. The lowest BCUT2D eigenvalue weighted by atomic mass is 9.76. The third-order valence-corrected chi connectivity index (χ3v) is 5.48. The number of rotatable bonds is 3. The molecule has 1 atom stereocenters. The van der Waals surface area contributed by atoms with Gasteiger partial charge in [-0.3, -0.25) is 9.78 Å². The van der Waals surface area contributed by atoms with Crippen LogP contribution in [0.15, 0.2) is 18.3 Å². The molecule has 0 aromatic carbocycles. The Labute approximate surface area is 138 Å². The van der Waals surface area contributed by atoms with Gasteiger partial charge in [-0.15, -0.1) is 0 Å². The SMILES string of the molecule is COC[C@@H]1CC2(CCN(C(=O)c3ccc(C)cn3)CC2)CN1C. The zero-order chi connectivity index (χ0) is 16.4. The summed E-state index contributed by atoms with van der Waals surface area (Å²) < 4.78 is 5.34. The van der Waals surface area contributed by atoms with Crippen LogP contribution in [0.5, 0.6) is 0 Å². The molecular formula is C18H27N3O2. The Balaban J connectivity index is 1.60. The van der Waals surface area contributed by atoms with E-state index in [0.29, 0.717) is 17.2 Å². The molecule has 1 aromatic rings. The lowest BCUT2D eigenvalue weighted by Gasteiger charge is -2.39. The molecule has 3 heterocycles. The van der Waals surface area contributed by atoms with E-state index in [1.54, 1.807) is 13.3 Å². The number of ether oxygens (including phenoxy) is 1. The first kappa shape index (κ1) is 16.4. The Kier molecular flexibility index (Phi) is 4.69. The maximum atomic E-state index is 12.6. The van der Waals surface area contributed by atoms with E-state index in [1.165, 1.54) is 6.42 Å². The van der Waals surface area contributed by atoms with Crippen LogP contribution in [-0.2, 0) is 4.74 Å². The molecule has 2 fully saturated rings. The molecule has 3 rings (SSSR count). The summed E-state index contributed by atoms with van der Waals surface area (Å²) in [6.45, 7) is 5.57. The van der Waals surface area contributed by atoms with Crippen LogP contribution < -0.4 is 0 Å². The van der Waals surface area contributed by atoms with Crippen LogP contribution in [0.4, 0.5) is 0 Å². The monoisotopic (exact) mass is 317 g/mol. The Morgan fingerprint density at radius 3 is 2.74 bits per heavy atom. The van der Waals surface area contributed by atoms with E-state index >= 15 is 0 Å². The smallest absolute Gasteiger partial charge is 0.272 e. The first-order valence-corrected chi connectivity index (χ1v) is 8.44. The van der Waals surface area contributed by atoms with Crippen LogP contribution in [0, 0.1) is 12.3 Å². The number of nitrogens with zero attached hydrogens (tertiary/aromatic N) is 3. The number of carbonyl (C=O) groups is 1. The third kappa shape index (κ3) is 3.40. The fraction of sp³-hybridized carbons (Fsp3) is 0.667. The van der Waals surface area contributed by atoms with Crippen molar-refractivity contribution >= 4 is 5.91 Å². The van der Waals surface area contributed by atoms with Gasteiger partial charge in [-0.05, 0) is 50.3 Å². The largest absolute Gasteiger partial charge is 0.383 e. The van der Waals surface area contributed by atoms with Gasteiger partial charge in [0, 0.05) is 39.0 Å². The number of aryl methyl sites for hydroxylation is 1. The molecule has 2 saturated heterocycles. The summed E-state index contributed by atoms with van der Waals surface area (Å²) in [5.41, 5.74) is 2.00. The maximum absolute atomic E-state index is 12.6. The minimum Gasteiger partial charge on any atom is -0.383 e. The summed E-state index contributed by atoms with van der Waals surface area (Å²) in [5.74, 6) is 0.0691. The summed E-state index contributed by atoms with van der Waals surface area (Å²) >= 11 is 0. The first-order valence-electron chi connectivity index (χ1n) is 8.44. The molecule has 1 spiro atoms. The van der Waals surface area contributed by atoms with E-state index in [2.05, 4.69) is 16.9 Å². The molecule has 2 aliphatic rings. The minimum absolute atomic E-state index is 0.0691. The first-order chi connectivity index (χ1) is 11.0. The van der Waals surface area contributed by atoms with Gasteiger partial charge in [0.1, 0.15) is 5.69 Å². The lowest BCUT2D eigenvalue weighted by Crippen LogP contribution is -2.44. The molecule has 1 amide bonds. The van der Waals surface area contributed by atoms with E-state index in [-0.39, 0.29) is 5.91 Å². The van der Waals surface area contributed by atoms with Crippen LogP contribution >= 0.6 is 0 Å². The molecule has 23 heavy (non-hydrogen) atoms. The molecule has 0 aliphatic carbocycles. The van der Waals surface area contributed by atoms with Crippen molar-refractivity contribution in [1.82, 2.24) is 14.8 Å². The van der Waals surface area contributed by atoms with Gasteiger partial charge >= 0.3 is 0 Å². The maximum Gasteiger partial charge on any atom is 0.272 e. The van der Waals surface area contributed by atoms with Gasteiger partial charge < -0.3 is 14.5 Å². The topological polar surface area (TPSA) is 45.7 Å². The van der Waals surface area contributed by atoms with Crippen LogP contribution in [-0.4, -0.2) is 67.1 Å². The van der Waals surface area contributed by atoms with Crippen molar-refractivity contribution in [1.29, 1.82) is 0 Å². The van der Waals surface area contributed by atoms with Crippen molar-refractivity contribution in [2.45, 2.75) is 32.2 Å². The zero-order valence-corrected chi connectivity index (χ0v) is 14.4. The molecule has 5 heteroatoms. The van der Waals surface area contributed by atoms with Gasteiger partial charge in [0.25, 0.3) is 5.91 Å². The van der Waals surface area contributed by atoms with E-state index < -0.39 is 0 Å². The number of likely N-dealkylation sites (N-methyl/N-ethyl adjacent to an activating group) is 1. The minimum atomic E-state index is 0.0691. The number of likely N-dealkylation sites (tertiary alicyclic amines) is 2. The fourth-order valence-corrected chi connectivity index (χ4v) is 4.06. The summed E-state index contributed by atoms with van der Waals surface area (Å²) in [4.78, 5) is 21.2. The van der Waals surface area contributed by atoms with Gasteiger partial charge in [0.2, 0.25) is 0 Å². The van der Waals surface area contributed by atoms with Crippen molar-refractivity contribution in [2.24, 2.45) is 5.41 Å². The predicted octanol–water partition coefficient (Wildman–Crippen LogP) is 1.96.